The monoisotopic (exact) mass is 444 g/mol. The van der Waals surface area contributed by atoms with Crippen molar-refractivity contribution in [3.8, 4) is 5.69 Å². The Morgan fingerprint density at radius 1 is 0.967 bits per heavy atom. The Labute approximate surface area is 180 Å². The maximum absolute atomic E-state index is 12.9. The van der Waals surface area contributed by atoms with Crippen molar-refractivity contribution < 1.29 is 13.2 Å². The topological polar surface area (TPSA) is 75.5 Å². The Kier molecular flexibility index (Phi) is 5.64. The van der Waals surface area contributed by atoms with Gasteiger partial charge in [0.1, 0.15) is 4.90 Å². The van der Waals surface area contributed by atoms with Crippen molar-refractivity contribution in [2.45, 2.75) is 11.8 Å². The molecule has 0 unspecified atom stereocenters. The number of carbonyl (C=O) groups is 1. The second kappa shape index (κ2) is 8.22. The SMILES string of the molecule is Cc1ccnn1-c1ccc(C(=O)N2CCN(S(=O)(=O)c3ccccc3Cl)CC2)cc1. The molecule has 0 saturated carbocycles. The fourth-order valence-electron chi connectivity index (χ4n) is 3.49. The summed E-state index contributed by atoms with van der Waals surface area (Å²) in [6.07, 6.45) is 1.73. The maximum Gasteiger partial charge on any atom is 0.253 e. The van der Waals surface area contributed by atoms with Gasteiger partial charge in [0.2, 0.25) is 10.0 Å². The number of hydrogen-bond acceptors (Lipinski definition) is 4. The summed E-state index contributed by atoms with van der Waals surface area (Å²) in [4.78, 5) is 14.6. The van der Waals surface area contributed by atoms with E-state index in [1.54, 1.807) is 46.1 Å². The molecule has 1 aromatic heterocycles. The molecule has 156 valence electrons. The number of piperazine rings is 1. The lowest BCUT2D eigenvalue weighted by atomic mass is 10.1. The van der Waals surface area contributed by atoms with Crippen LogP contribution >= 0.6 is 11.6 Å². The van der Waals surface area contributed by atoms with Crippen LogP contribution in [-0.4, -0.2) is 59.5 Å². The molecule has 4 rings (SSSR count). The van der Waals surface area contributed by atoms with Crippen molar-refractivity contribution in [1.82, 2.24) is 19.0 Å². The second-order valence-electron chi connectivity index (χ2n) is 7.06. The number of nitrogens with zero attached hydrogens (tertiary/aromatic N) is 4. The third-order valence-corrected chi connectivity index (χ3v) is 7.57. The highest BCUT2D eigenvalue weighted by molar-refractivity contribution is 7.89. The predicted octanol–water partition coefficient (Wildman–Crippen LogP) is 2.98. The summed E-state index contributed by atoms with van der Waals surface area (Å²) in [5, 5.41) is 4.46. The van der Waals surface area contributed by atoms with Crippen molar-refractivity contribution in [2.24, 2.45) is 0 Å². The number of aromatic nitrogens is 2. The smallest absolute Gasteiger partial charge is 0.253 e. The van der Waals surface area contributed by atoms with Crippen molar-refractivity contribution in [3.05, 3.63) is 77.1 Å². The highest BCUT2D eigenvalue weighted by atomic mass is 35.5. The van der Waals surface area contributed by atoms with Crippen LogP contribution in [0.5, 0.6) is 0 Å². The first-order chi connectivity index (χ1) is 14.4. The molecule has 2 aromatic carbocycles. The number of aryl methyl sites for hydroxylation is 1. The average molecular weight is 445 g/mol. The molecule has 1 aliphatic heterocycles. The molecule has 0 bridgehead atoms. The summed E-state index contributed by atoms with van der Waals surface area (Å²) in [6.45, 7) is 3.06. The molecular weight excluding hydrogens is 424 g/mol. The van der Waals surface area contributed by atoms with Gasteiger partial charge in [-0.1, -0.05) is 23.7 Å². The molecule has 0 atom stereocenters. The van der Waals surface area contributed by atoms with Gasteiger partial charge in [0.05, 0.1) is 10.7 Å². The number of hydrogen-bond donors (Lipinski definition) is 0. The van der Waals surface area contributed by atoms with E-state index in [4.69, 9.17) is 11.6 Å². The highest BCUT2D eigenvalue weighted by Gasteiger charge is 2.31. The molecule has 0 N–H and O–H groups in total. The average Bonchev–Trinajstić information content (AvgIpc) is 3.19. The summed E-state index contributed by atoms with van der Waals surface area (Å²) in [5.74, 6) is -0.117. The first-order valence-electron chi connectivity index (χ1n) is 9.53. The van der Waals surface area contributed by atoms with Crippen LogP contribution in [0.2, 0.25) is 5.02 Å². The lowest BCUT2D eigenvalue weighted by Gasteiger charge is -2.34. The Morgan fingerprint density at radius 3 is 2.23 bits per heavy atom. The minimum Gasteiger partial charge on any atom is -0.336 e. The predicted molar refractivity (Wildman–Crippen MR) is 114 cm³/mol. The van der Waals surface area contributed by atoms with Gasteiger partial charge in [0, 0.05) is 43.6 Å². The zero-order chi connectivity index (χ0) is 21.3. The molecule has 9 heteroatoms. The summed E-state index contributed by atoms with van der Waals surface area (Å²) in [7, 11) is -3.69. The van der Waals surface area contributed by atoms with Gasteiger partial charge in [-0.25, -0.2) is 13.1 Å². The molecule has 7 nitrogen and oxygen atoms in total. The maximum atomic E-state index is 12.9. The van der Waals surface area contributed by atoms with E-state index in [1.165, 1.54) is 10.4 Å². The van der Waals surface area contributed by atoms with Crippen LogP contribution in [0.25, 0.3) is 5.69 Å². The molecule has 30 heavy (non-hydrogen) atoms. The van der Waals surface area contributed by atoms with Crippen molar-refractivity contribution in [3.63, 3.8) is 0 Å². The van der Waals surface area contributed by atoms with Gasteiger partial charge >= 0.3 is 0 Å². The third kappa shape index (κ3) is 3.86. The molecular formula is C21H21ClN4O3S. The van der Waals surface area contributed by atoms with E-state index >= 15 is 0 Å². The quantitative estimate of drug-likeness (QED) is 0.620. The van der Waals surface area contributed by atoms with E-state index in [1.807, 2.05) is 25.1 Å². The Hall–Kier alpha value is -2.68. The van der Waals surface area contributed by atoms with Crippen LogP contribution in [0, 0.1) is 6.92 Å². The number of halogens is 1. The van der Waals surface area contributed by atoms with E-state index in [-0.39, 0.29) is 28.9 Å². The van der Waals surface area contributed by atoms with Crippen LogP contribution in [0.4, 0.5) is 0 Å². The summed E-state index contributed by atoms with van der Waals surface area (Å²) in [5.41, 5.74) is 2.44. The van der Waals surface area contributed by atoms with Gasteiger partial charge in [-0.05, 0) is 49.4 Å². The van der Waals surface area contributed by atoms with Gasteiger partial charge in [0.15, 0.2) is 0 Å². The van der Waals surface area contributed by atoms with Gasteiger partial charge in [-0.2, -0.15) is 9.40 Å². The van der Waals surface area contributed by atoms with Crippen LogP contribution in [0.1, 0.15) is 16.1 Å². The molecule has 1 amide bonds. The van der Waals surface area contributed by atoms with Crippen molar-refractivity contribution in [2.75, 3.05) is 26.2 Å². The Balaban J connectivity index is 1.43. The van der Waals surface area contributed by atoms with Crippen LogP contribution in [0.15, 0.2) is 65.7 Å². The number of sulfonamides is 1. The van der Waals surface area contributed by atoms with E-state index in [0.717, 1.165) is 11.4 Å². The van der Waals surface area contributed by atoms with E-state index in [2.05, 4.69) is 5.10 Å². The lowest BCUT2D eigenvalue weighted by Crippen LogP contribution is -2.50. The van der Waals surface area contributed by atoms with Gasteiger partial charge in [0.25, 0.3) is 5.91 Å². The van der Waals surface area contributed by atoms with E-state index in [9.17, 15) is 13.2 Å². The fraction of sp³-hybridized carbons (Fsp3) is 0.238. The molecule has 1 saturated heterocycles. The molecule has 0 spiro atoms. The molecule has 1 fully saturated rings. The van der Waals surface area contributed by atoms with E-state index in [0.29, 0.717) is 18.7 Å². The Bertz CT molecular complexity index is 1170. The molecule has 0 radical (unpaired) electrons. The minimum atomic E-state index is -3.69. The van der Waals surface area contributed by atoms with Crippen LogP contribution in [0.3, 0.4) is 0 Å². The molecule has 3 aromatic rings. The van der Waals surface area contributed by atoms with Gasteiger partial charge in [-0.3, -0.25) is 4.79 Å². The van der Waals surface area contributed by atoms with Crippen molar-refractivity contribution >= 4 is 27.5 Å². The number of amides is 1. The number of carbonyl (C=O) groups excluding carboxylic acids is 1. The second-order valence-corrected chi connectivity index (χ2v) is 9.37. The highest BCUT2D eigenvalue weighted by Crippen LogP contribution is 2.25. The molecule has 2 heterocycles. The van der Waals surface area contributed by atoms with Gasteiger partial charge < -0.3 is 4.90 Å². The number of rotatable bonds is 4. The molecule has 0 aliphatic carbocycles. The first-order valence-corrected chi connectivity index (χ1v) is 11.3. The van der Waals surface area contributed by atoms with E-state index < -0.39 is 10.0 Å². The lowest BCUT2D eigenvalue weighted by molar-refractivity contribution is 0.0698. The van der Waals surface area contributed by atoms with Gasteiger partial charge in [-0.15, -0.1) is 0 Å². The fourth-order valence-corrected chi connectivity index (χ4v) is 5.41. The standard InChI is InChI=1S/C21H21ClN4O3S/c1-16-10-11-23-26(16)18-8-6-17(7-9-18)21(27)24-12-14-25(15-13-24)30(28,29)20-5-3-2-4-19(20)22/h2-11H,12-15H2,1H3. The summed E-state index contributed by atoms with van der Waals surface area (Å²) in [6, 6.07) is 15.5. The summed E-state index contributed by atoms with van der Waals surface area (Å²) < 4.78 is 28.9. The first kappa shape index (κ1) is 20.6. The largest absolute Gasteiger partial charge is 0.336 e. The zero-order valence-corrected chi connectivity index (χ0v) is 18.0. The van der Waals surface area contributed by atoms with Crippen molar-refractivity contribution in [1.29, 1.82) is 0 Å². The Morgan fingerprint density at radius 2 is 1.63 bits per heavy atom. The zero-order valence-electron chi connectivity index (χ0n) is 16.4. The normalized spacial score (nSPS) is 15.3. The minimum absolute atomic E-state index is 0.0935. The number of benzene rings is 2. The van der Waals surface area contributed by atoms with Crippen LogP contribution < -0.4 is 0 Å². The van der Waals surface area contributed by atoms with Crippen LogP contribution in [-0.2, 0) is 10.0 Å². The molecule has 1 aliphatic rings. The third-order valence-electron chi connectivity index (χ3n) is 5.17. The summed E-state index contributed by atoms with van der Waals surface area (Å²) >= 11 is 6.07.